The summed E-state index contributed by atoms with van der Waals surface area (Å²) in [6, 6.07) is 30.0. The first-order valence-corrected chi connectivity index (χ1v) is 11.6. The van der Waals surface area contributed by atoms with Crippen LogP contribution in [0.4, 0.5) is 11.4 Å². The average Bonchev–Trinajstić information content (AvgIpc) is 2.86. The first-order valence-electron chi connectivity index (χ1n) is 11.3. The first kappa shape index (κ1) is 21.5. The molecule has 1 fully saturated rings. The SMILES string of the molecule is O=C(Nc1ccc(N2CCN(Cc3ccccc3Cl)CC2)cc1)c1cccc2ccccc12. The van der Waals surface area contributed by atoms with Crippen LogP contribution in [0.3, 0.4) is 0 Å². The molecule has 0 bridgehead atoms. The van der Waals surface area contributed by atoms with Crippen LogP contribution < -0.4 is 10.2 Å². The molecule has 0 atom stereocenters. The van der Waals surface area contributed by atoms with Crippen LogP contribution in [-0.2, 0) is 6.54 Å². The second-order valence-corrected chi connectivity index (χ2v) is 8.79. The lowest BCUT2D eigenvalue weighted by atomic mass is 10.0. The Hall–Kier alpha value is -3.34. The van der Waals surface area contributed by atoms with Crippen LogP contribution >= 0.6 is 11.6 Å². The lowest BCUT2D eigenvalue weighted by Gasteiger charge is -2.36. The number of amides is 1. The third kappa shape index (κ3) is 4.87. The van der Waals surface area contributed by atoms with E-state index < -0.39 is 0 Å². The zero-order valence-corrected chi connectivity index (χ0v) is 19.1. The van der Waals surface area contributed by atoms with Gasteiger partial charge in [0, 0.05) is 54.7 Å². The van der Waals surface area contributed by atoms with E-state index in [2.05, 4.69) is 33.3 Å². The van der Waals surface area contributed by atoms with Crippen LogP contribution in [0.5, 0.6) is 0 Å². The summed E-state index contributed by atoms with van der Waals surface area (Å²) in [4.78, 5) is 17.7. The van der Waals surface area contributed by atoms with Gasteiger partial charge in [-0.3, -0.25) is 9.69 Å². The third-order valence-electron chi connectivity index (χ3n) is 6.25. The maximum Gasteiger partial charge on any atom is 0.256 e. The maximum absolute atomic E-state index is 12.9. The van der Waals surface area contributed by atoms with Crippen molar-refractivity contribution >= 4 is 39.7 Å². The summed E-state index contributed by atoms with van der Waals surface area (Å²) < 4.78 is 0. The summed E-state index contributed by atoms with van der Waals surface area (Å²) in [7, 11) is 0. The fourth-order valence-corrected chi connectivity index (χ4v) is 4.60. The Morgan fingerprint density at radius 1 is 0.788 bits per heavy atom. The number of halogens is 1. The molecule has 0 unspecified atom stereocenters. The van der Waals surface area contributed by atoms with Crippen molar-refractivity contribution in [3.05, 3.63) is 107 Å². The van der Waals surface area contributed by atoms with Crippen molar-refractivity contribution in [1.29, 1.82) is 0 Å². The number of anilines is 2. The zero-order chi connectivity index (χ0) is 22.6. The minimum atomic E-state index is -0.0901. The molecule has 0 aliphatic carbocycles. The Morgan fingerprint density at radius 3 is 2.27 bits per heavy atom. The minimum Gasteiger partial charge on any atom is -0.369 e. The van der Waals surface area contributed by atoms with Crippen molar-refractivity contribution in [2.24, 2.45) is 0 Å². The number of nitrogens with one attached hydrogen (secondary N) is 1. The minimum absolute atomic E-state index is 0.0901. The number of carbonyl (C=O) groups excluding carboxylic acids is 1. The number of hydrogen-bond donors (Lipinski definition) is 1. The topological polar surface area (TPSA) is 35.6 Å². The van der Waals surface area contributed by atoms with Crippen molar-refractivity contribution in [2.75, 3.05) is 36.4 Å². The Kier molecular flexibility index (Phi) is 6.29. The molecule has 1 aliphatic rings. The lowest BCUT2D eigenvalue weighted by Crippen LogP contribution is -2.46. The highest BCUT2D eigenvalue weighted by Gasteiger charge is 2.18. The molecule has 0 spiro atoms. The van der Waals surface area contributed by atoms with Crippen LogP contribution in [0.1, 0.15) is 15.9 Å². The number of benzene rings is 4. The zero-order valence-electron chi connectivity index (χ0n) is 18.4. The monoisotopic (exact) mass is 455 g/mol. The summed E-state index contributed by atoms with van der Waals surface area (Å²) >= 11 is 6.32. The molecule has 1 N–H and O–H groups in total. The highest BCUT2D eigenvalue weighted by Crippen LogP contribution is 2.23. The van der Waals surface area contributed by atoms with Crippen molar-refractivity contribution < 1.29 is 4.79 Å². The molecule has 1 heterocycles. The second kappa shape index (κ2) is 9.65. The van der Waals surface area contributed by atoms with E-state index in [0.29, 0.717) is 5.56 Å². The van der Waals surface area contributed by atoms with E-state index in [1.807, 2.05) is 72.8 Å². The van der Waals surface area contributed by atoms with Gasteiger partial charge in [-0.05, 0) is 52.7 Å². The lowest BCUT2D eigenvalue weighted by molar-refractivity contribution is 0.102. The normalized spacial score (nSPS) is 14.4. The molecule has 166 valence electrons. The van der Waals surface area contributed by atoms with E-state index in [0.717, 1.165) is 54.2 Å². The second-order valence-electron chi connectivity index (χ2n) is 8.38. The Balaban J connectivity index is 1.20. The highest BCUT2D eigenvalue weighted by atomic mass is 35.5. The molecule has 4 aromatic rings. The molecule has 4 aromatic carbocycles. The molecule has 0 saturated carbocycles. The van der Waals surface area contributed by atoms with E-state index in [1.165, 1.54) is 11.3 Å². The van der Waals surface area contributed by atoms with Gasteiger partial charge in [-0.1, -0.05) is 66.2 Å². The van der Waals surface area contributed by atoms with Gasteiger partial charge in [0.2, 0.25) is 0 Å². The van der Waals surface area contributed by atoms with Crippen LogP contribution in [0.25, 0.3) is 10.8 Å². The average molecular weight is 456 g/mol. The van der Waals surface area contributed by atoms with Crippen LogP contribution in [0.2, 0.25) is 5.02 Å². The van der Waals surface area contributed by atoms with Gasteiger partial charge in [-0.15, -0.1) is 0 Å². The highest BCUT2D eigenvalue weighted by molar-refractivity contribution is 6.31. The van der Waals surface area contributed by atoms with Gasteiger partial charge < -0.3 is 10.2 Å². The Labute approximate surface area is 199 Å². The van der Waals surface area contributed by atoms with Crippen LogP contribution in [-0.4, -0.2) is 37.0 Å². The van der Waals surface area contributed by atoms with Crippen molar-refractivity contribution in [3.8, 4) is 0 Å². The van der Waals surface area contributed by atoms with Crippen molar-refractivity contribution in [1.82, 2.24) is 4.90 Å². The van der Waals surface area contributed by atoms with Gasteiger partial charge in [0.1, 0.15) is 0 Å². The molecule has 1 aliphatic heterocycles. The molecule has 1 amide bonds. The fourth-order valence-electron chi connectivity index (χ4n) is 4.41. The number of piperazine rings is 1. The van der Waals surface area contributed by atoms with E-state index in [9.17, 15) is 4.79 Å². The van der Waals surface area contributed by atoms with Crippen LogP contribution in [0, 0.1) is 0 Å². The molecule has 1 saturated heterocycles. The smallest absolute Gasteiger partial charge is 0.256 e. The molecule has 5 rings (SSSR count). The van der Waals surface area contributed by atoms with Gasteiger partial charge in [0.05, 0.1) is 0 Å². The quantitative estimate of drug-likeness (QED) is 0.397. The molecule has 4 nitrogen and oxygen atoms in total. The van der Waals surface area contributed by atoms with E-state index in [1.54, 1.807) is 0 Å². The van der Waals surface area contributed by atoms with E-state index in [-0.39, 0.29) is 5.91 Å². The summed E-state index contributed by atoms with van der Waals surface area (Å²) in [5, 5.41) is 5.90. The number of nitrogens with zero attached hydrogens (tertiary/aromatic N) is 2. The van der Waals surface area contributed by atoms with E-state index >= 15 is 0 Å². The van der Waals surface area contributed by atoms with Crippen molar-refractivity contribution in [3.63, 3.8) is 0 Å². The van der Waals surface area contributed by atoms with E-state index in [4.69, 9.17) is 11.6 Å². The van der Waals surface area contributed by atoms with Gasteiger partial charge in [0.25, 0.3) is 5.91 Å². The number of carbonyl (C=O) groups is 1. The fraction of sp³-hybridized carbons (Fsp3) is 0.179. The number of hydrogen-bond acceptors (Lipinski definition) is 3. The maximum atomic E-state index is 12.9. The third-order valence-corrected chi connectivity index (χ3v) is 6.62. The molecule has 33 heavy (non-hydrogen) atoms. The molecule has 0 aromatic heterocycles. The van der Waals surface area contributed by atoms with Crippen molar-refractivity contribution in [2.45, 2.75) is 6.54 Å². The first-order chi connectivity index (χ1) is 16.2. The predicted octanol–water partition coefficient (Wildman–Crippen LogP) is 6.07. The molecular formula is C28H26ClN3O. The Bertz CT molecular complexity index is 1260. The van der Waals surface area contributed by atoms with Gasteiger partial charge in [-0.25, -0.2) is 0 Å². The molecule has 5 heteroatoms. The van der Waals surface area contributed by atoms with Gasteiger partial charge in [-0.2, -0.15) is 0 Å². The van der Waals surface area contributed by atoms with Crippen LogP contribution in [0.15, 0.2) is 91.0 Å². The number of rotatable bonds is 5. The number of fused-ring (bicyclic) bond motifs is 1. The largest absolute Gasteiger partial charge is 0.369 e. The summed E-state index contributed by atoms with van der Waals surface area (Å²) in [6.07, 6.45) is 0. The van der Waals surface area contributed by atoms with Gasteiger partial charge >= 0.3 is 0 Å². The standard InChI is InChI=1S/C28H26ClN3O/c29-27-11-4-2-7-22(27)20-31-16-18-32(19-17-31)24-14-12-23(13-15-24)30-28(33)26-10-5-8-21-6-1-3-9-25(21)26/h1-15H,16-20H2,(H,30,33). The summed E-state index contributed by atoms with van der Waals surface area (Å²) in [5.41, 5.74) is 3.84. The summed E-state index contributed by atoms with van der Waals surface area (Å²) in [6.45, 7) is 4.79. The predicted molar refractivity (Wildman–Crippen MR) is 137 cm³/mol. The van der Waals surface area contributed by atoms with Gasteiger partial charge in [0.15, 0.2) is 0 Å². The summed E-state index contributed by atoms with van der Waals surface area (Å²) in [5.74, 6) is -0.0901. The molecular weight excluding hydrogens is 430 g/mol. The Morgan fingerprint density at radius 2 is 1.48 bits per heavy atom. The molecule has 0 radical (unpaired) electrons.